The van der Waals surface area contributed by atoms with Gasteiger partial charge in [0.25, 0.3) is 0 Å². The number of nitrogens with zero attached hydrogens (tertiary/aromatic N) is 2. The van der Waals surface area contributed by atoms with Crippen LogP contribution < -0.4 is 4.74 Å². The minimum absolute atomic E-state index is 0.166. The molecule has 1 aliphatic heterocycles. The summed E-state index contributed by atoms with van der Waals surface area (Å²) in [5.74, 6) is 1.23. The lowest BCUT2D eigenvalue weighted by Gasteiger charge is -2.22. The van der Waals surface area contributed by atoms with Crippen molar-refractivity contribution in [2.24, 2.45) is 0 Å². The molecular weight excluding hydrogens is 316 g/mol. The van der Waals surface area contributed by atoms with Gasteiger partial charge in [-0.3, -0.25) is 9.59 Å². The maximum Gasteiger partial charge on any atom is 0.222 e. The molecule has 0 aliphatic carbocycles. The fraction of sp³-hybridized carbons (Fsp3) is 0.600. The molecule has 0 bridgehead atoms. The molecule has 0 aromatic heterocycles. The van der Waals surface area contributed by atoms with E-state index in [1.165, 1.54) is 0 Å². The summed E-state index contributed by atoms with van der Waals surface area (Å²) in [4.78, 5) is 28.3. The Hall–Kier alpha value is -2.04. The van der Waals surface area contributed by atoms with Crippen molar-refractivity contribution in [3.05, 3.63) is 30.3 Å². The second-order valence-electron chi connectivity index (χ2n) is 6.48. The Labute approximate surface area is 150 Å². The third-order valence-electron chi connectivity index (χ3n) is 4.49. The number of amides is 2. The number of benzene rings is 1. The fourth-order valence-corrected chi connectivity index (χ4v) is 2.99. The zero-order chi connectivity index (χ0) is 17.9. The molecular formula is C20H30N2O3. The van der Waals surface area contributed by atoms with Crippen LogP contribution in [0.5, 0.6) is 5.75 Å². The lowest BCUT2D eigenvalue weighted by atomic mass is 10.2. The zero-order valence-corrected chi connectivity index (χ0v) is 15.3. The predicted molar refractivity (Wildman–Crippen MR) is 98.5 cm³/mol. The SMILES string of the molecule is CCCCC(=O)N1CCCN(C(=O)CCCOc2ccccc2)CC1. The Bertz CT molecular complexity index is 533. The maximum absolute atomic E-state index is 12.4. The van der Waals surface area contributed by atoms with E-state index in [0.29, 0.717) is 39.0 Å². The average molecular weight is 346 g/mol. The van der Waals surface area contributed by atoms with Crippen molar-refractivity contribution in [1.29, 1.82) is 0 Å². The standard InChI is InChI=1S/C20H30N2O3/c1-2-3-11-19(23)21-13-8-14-22(16-15-21)20(24)12-7-17-25-18-9-5-4-6-10-18/h4-6,9-10H,2-3,7-8,11-17H2,1H3. The largest absolute Gasteiger partial charge is 0.494 e. The summed E-state index contributed by atoms with van der Waals surface area (Å²) >= 11 is 0. The number of rotatable bonds is 8. The summed E-state index contributed by atoms with van der Waals surface area (Å²) in [6.07, 6.45) is 4.68. The first-order valence-electron chi connectivity index (χ1n) is 9.44. The van der Waals surface area contributed by atoms with Crippen LogP contribution in [-0.4, -0.2) is 54.4 Å². The van der Waals surface area contributed by atoms with Crippen molar-refractivity contribution in [3.8, 4) is 5.75 Å². The number of ether oxygens (including phenoxy) is 1. The lowest BCUT2D eigenvalue weighted by Crippen LogP contribution is -2.37. The molecule has 1 aromatic rings. The maximum atomic E-state index is 12.4. The highest BCUT2D eigenvalue weighted by atomic mass is 16.5. The quantitative estimate of drug-likeness (QED) is 0.680. The number of carbonyl (C=O) groups excluding carboxylic acids is 2. The van der Waals surface area contributed by atoms with Gasteiger partial charge in [-0.2, -0.15) is 0 Å². The van der Waals surface area contributed by atoms with E-state index >= 15 is 0 Å². The van der Waals surface area contributed by atoms with E-state index in [0.717, 1.165) is 38.1 Å². The predicted octanol–water partition coefficient (Wildman–Crippen LogP) is 3.10. The van der Waals surface area contributed by atoms with Gasteiger partial charge < -0.3 is 14.5 Å². The minimum atomic E-state index is 0.166. The van der Waals surface area contributed by atoms with Gasteiger partial charge in [0, 0.05) is 39.0 Å². The second-order valence-corrected chi connectivity index (χ2v) is 6.48. The number of unbranched alkanes of at least 4 members (excludes halogenated alkanes) is 1. The third-order valence-corrected chi connectivity index (χ3v) is 4.49. The Balaban J connectivity index is 1.67. The van der Waals surface area contributed by atoms with Gasteiger partial charge in [-0.05, 0) is 31.4 Å². The molecule has 1 aromatic carbocycles. The van der Waals surface area contributed by atoms with Crippen molar-refractivity contribution < 1.29 is 14.3 Å². The van der Waals surface area contributed by atoms with Gasteiger partial charge in [0.05, 0.1) is 6.61 Å². The third kappa shape index (κ3) is 6.77. The summed E-state index contributed by atoms with van der Waals surface area (Å²) in [6.45, 7) is 5.47. The molecule has 0 unspecified atom stereocenters. The van der Waals surface area contributed by atoms with Crippen LogP contribution in [0, 0.1) is 0 Å². The van der Waals surface area contributed by atoms with Crippen molar-refractivity contribution in [2.45, 2.75) is 45.4 Å². The van der Waals surface area contributed by atoms with Gasteiger partial charge in [0.15, 0.2) is 0 Å². The van der Waals surface area contributed by atoms with Gasteiger partial charge in [-0.1, -0.05) is 31.5 Å². The second kappa shape index (κ2) is 10.7. The summed E-state index contributed by atoms with van der Waals surface area (Å²) in [6, 6.07) is 9.66. The minimum Gasteiger partial charge on any atom is -0.494 e. The molecule has 138 valence electrons. The Morgan fingerprint density at radius 3 is 2.12 bits per heavy atom. The Morgan fingerprint density at radius 1 is 0.920 bits per heavy atom. The average Bonchev–Trinajstić information content (AvgIpc) is 2.90. The highest BCUT2D eigenvalue weighted by molar-refractivity contribution is 5.77. The van der Waals surface area contributed by atoms with Gasteiger partial charge in [-0.25, -0.2) is 0 Å². The number of hydrogen-bond donors (Lipinski definition) is 0. The van der Waals surface area contributed by atoms with Crippen LogP contribution in [0.15, 0.2) is 30.3 Å². The molecule has 25 heavy (non-hydrogen) atoms. The molecule has 1 heterocycles. The van der Waals surface area contributed by atoms with E-state index in [2.05, 4.69) is 6.92 Å². The molecule has 2 amide bonds. The first kappa shape index (κ1) is 19.3. The molecule has 1 aliphatic rings. The van der Waals surface area contributed by atoms with Crippen molar-refractivity contribution in [3.63, 3.8) is 0 Å². The van der Waals surface area contributed by atoms with Gasteiger partial charge in [0.2, 0.25) is 11.8 Å². The monoisotopic (exact) mass is 346 g/mol. The van der Waals surface area contributed by atoms with Gasteiger partial charge in [0.1, 0.15) is 5.75 Å². The molecule has 0 N–H and O–H groups in total. The first-order valence-corrected chi connectivity index (χ1v) is 9.44. The number of hydrogen-bond acceptors (Lipinski definition) is 3. The molecule has 2 rings (SSSR count). The molecule has 0 radical (unpaired) electrons. The van der Waals surface area contributed by atoms with Crippen LogP contribution >= 0.6 is 0 Å². The van der Waals surface area contributed by atoms with E-state index in [1.54, 1.807) is 0 Å². The van der Waals surface area contributed by atoms with E-state index in [4.69, 9.17) is 4.74 Å². The fourth-order valence-electron chi connectivity index (χ4n) is 2.99. The molecule has 5 heteroatoms. The molecule has 5 nitrogen and oxygen atoms in total. The van der Waals surface area contributed by atoms with Crippen LogP contribution in [0.2, 0.25) is 0 Å². The van der Waals surface area contributed by atoms with Crippen LogP contribution in [0.3, 0.4) is 0 Å². The molecule has 0 atom stereocenters. The summed E-state index contributed by atoms with van der Waals surface area (Å²) in [5.41, 5.74) is 0. The van der Waals surface area contributed by atoms with Crippen molar-refractivity contribution in [2.75, 3.05) is 32.8 Å². The topological polar surface area (TPSA) is 49.9 Å². The smallest absolute Gasteiger partial charge is 0.222 e. The van der Waals surface area contributed by atoms with Crippen LogP contribution in [-0.2, 0) is 9.59 Å². The van der Waals surface area contributed by atoms with E-state index in [1.807, 2.05) is 40.1 Å². The highest BCUT2D eigenvalue weighted by Crippen LogP contribution is 2.11. The van der Waals surface area contributed by atoms with Gasteiger partial charge >= 0.3 is 0 Å². The zero-order valence-electron chi connectivity index (χ0n) is 15.3. The molecule has 1 fully saturated rings. The number of para-hydroxylation sites is 1. The van der Waals surface area contributed by atoms with Crippen molar-refractivity contribution in [1.82, 2.24) is 9.80 Å². The van der Waals surface area contributed by atoms with E-state index in [-0.39, 0.29) is 11.8 Å². The summed E-state index contributed by atoms with van der Waals surface area (Å²) < 4.78 is 5.63. The normalized spacial score (nSPS) is 14.9. The van der Waals surface area contributed by atoms with Crippen LogP contribution in [0.4, 0.5) is 0 Å². The van der Waals surface area contributed by atoms with Crippen LogP contribution in [0.1, 0.15) is 45.4 Å². The molecule has 0 spiro atoms. The van der Waals surface area contributed by atoms with E-state index in [9.17, 15) is 9.59 Å². The Kier molecular flexibility index (Phi) is 8.29. The van der Waals surface area contributed by atoms with Crippen LogP contribution in [0.25, 0.3) is 0 Å². The molecule has 0 saturated carbocycles. The highest BCUT2D eigenvalue weighted by Gasteiger charge is 2.21. The van der Waals surface area contributed by atoms with E-state index < -0.39 is 0 Å². The Morgan fingerprint density at radius 2 is 1.52 bits per heavy atom. The number of carbonyl (C=O) groups is 2. The summed E-state index contributed by atoms with van der Waals surface area (Å²) in [5, 5.41) is 0. The molecule has 1 saturated heterocycles. The summed E-state index contributed by atoms with van der Waals surface area (Å²) in [7, 11) is 0. The lowest BCUT2D eigenvalue weighted by molar-refractivity contribution is -0.133. The van der Waals surface area contributed by atoms with Gasteiger partial charge in [-0.15, -0.1) is 0 Å². The van der Waals surface area contributed by atoms with Crippen molar-refractivity contribution >= 4 is 11.8 Å². The first-order chi connectivity index (χ1) is 12.2.